The first kappa shape index (κ1) is 25.3. The highest BCUT2D eigenvalue weighted by atomic mass is 35.5. The zero-order valence-corrected chi connectivity index (χ0v) is 18.8. The maximum atomic E-state index is 12.9. The maximum absolute atomic E-state index is 12.9. The summed E-state index contributed by atoms with van der Waals surface area (Å²) in [6.07, 6.45) is -3.41. The highest BCUT2D eigenvalue weighted by Gasteiger charge is 2.33. The molecule has 0 aliphatic carbocycles. The Morgan fingerprint density at radius 1 is 0.946 bits per heavy atom. The number of aliphatic imine (C=N–C) groups is 1. The molecule has 10 nitrogen and oxygen atoms in total. The minimum atomic E-state index is -4.76. The number of nitrogens with zero attached hydrogens (tertiary/aromatic N) is 3. The van der Waals surface area contributed by atoms with Crippen LogP contribution in [0, 0.1) is 20.2 Å². The normalized spacial score (nSPS) is 14.3. The summed E-state index contributed by atoms with van der Waals surface area (Å²) in [5.74, 6) is -1.29. The minimum absolute atomic E-state index is 0.0803. The third kappa shape index (κ3) is 5.56. The molecule has 0 fully saturated rings. The average molecular weight is 534 g/mol. The number of halogens is 4. The zero-order valence-electron chi connectivity index (χ0n) is 18.1. The molecule has 3 aromatic carbocycles. The van der Waals surface area contributed by atoms with Crippen LogP contribution in [0.5, 0.6) is 11.5 Å². The molecule has 3 aromatic rings. The van der Waals surface area contributed by atoms with Crippen LogP contribution in [0.1, 0.15) is 16.7 Å². The molecule has 0 saturated heterocycles. The van der Waals surface area contributed by atoms with Crippen LogP contribution in [0.2, 0.25) is 5.02 Å². The first-order chi connectivity index (χ1) is 17.4. The van der Waals surface area contributed by atoms with E-state index in [1.807, 2.05) is 0 Å². The Balaban J connectivity index is 1.55. The number of benzene rings is 3. The Kier molecular flexibility index (Phi) is 6.64. The summed E-state index contributed by atoms with van der Waals surface area (Å²) in [5, 5.41) is 22.2. The molecule has 0 bridgehead atoms. The van der Waals surface area contributed by atoms with Gasteiger partial charge in [0.15, 0.2) is 5.70 Å². The number of alkyl halides is 3. The molecular formula is C23H11ClF3N3O7. The lowest BCUT2D eigenvalue weighted by atomic mass is 10.1. The SMILES string of the molecule is O=C1OC(c2ccc(Cl)c([N+](=O)[O-])c2)=N/C1=C\c1ccc(Oc2ccc(C(F)(F)F)cc2[N+](=O)[O-])cc1. The molecule has 0 spiro atoms. The van der Waals surface area contributed by atoms with Gasteiger partial charge in [0.25, 0.3) is 5.69 Å². The molecule has 0 N–H and O–H groups in total. The van der Waals surface area contributed by atoms with Gasteiger partial charge < -0.3 is 9.47 Å². The molecule has 1 aliphatic rings. The number of nitro groups is 2. The number of rotatable bonds is 6. The number of nitro benzene ring substituents is 2. The van der Waals surface area contributed by atoms with Gasteiger partial charge in [-0.25, -0.2) is 9.79 Å². The molecule has 0 aromatic heterocycles. The first-order valence-electron chi connectivity index (χ1n) is 10.0. The van der Waals surface area contributed by atoms with Crippen molar-refractivity contribution in [3.8, 4) is 11.5 Å². The zero-order chi connectivity index (χ0) is 26.9. The molecule has 4 rings (SSSR count). The summed E-state index contributed by atoms with van der Waals surface area (Å²) in [4.78, 5) is 36.9. The summed E-state index contributed by atoms with van der Waals surface area (Å²) in [6.45, 7) is 0. The van der Waals surface area contributed by atoms with E-state index in [1.165, 1.54) is 42.5 Å². The average Bonchev–Trinajstić information content (AvgIpc) is 3.19. The fraction of sp³-hybridized carbons (Fsp3) is 0.0435. The van der Waals surface area contributed by atoms with Crippen molar-refractivity contribution < 1.29 is 37.3 Å². The van der Waals surface area contributed by atoms with E-state index in [0.717, 1.165) is 12.1 Å². The molecule has 0 radical (unpaired) electrons. The van der Waals surface area contributed by atoms with Crippen molar-refractivity contribution in [2.45, 2.75) is 6.18 Å². The maximum Gasteiger partial charge on any atom is 0.416 e. The number of carbonyl (C=O) groups is 1. The van der Waals surface area contributed by atoms with E-state index in [9.17, 15) is 38.2 Å². The second-order valence-electron chi connectivity index (χ2n) is 7.37. The molecule has 1 aliphatic heterocycles. The highest BCUT2D eigenvalue weighted by Crippen LogP contribution is 2.38. The fourth-order valence-corrected chi connectivity index (χ4v) is 3.34. The molecule has 0 amide bonds. The molecular weight excluding hydrogens is 523 g/mol. The van der Waals surface area contributed by atoms with E-state index in [-0.39, 0.29) is 33.6 Å². The van der Waals surface area contributed by atoms with Crippen LogP contribution >= 0.6 is 11.6 Å². The Bertz CT molecular complexity index is 1500. The van der Waals surface area contributed by atoms with Crippen molar-refractivity contribution in [1.82, 2.24) is 0 Å². The monoisotopic (exact) mass is 533 g/mol. The standard InChI is InChI=1S/C23H11ClF3N3O7/c24-16-7-3-13(10-18(16)29(32)33)21-28-17(22(31)37-21)9-12-1-5-15(6-2-12)36-20-8-4-14(23(25,26)27)11-19(20)30(34)35/h1-11H/b17-9-. The topological polar surface area (TPSA) is 134 Å². The van der Waals surface area contributed by atoms with Crippen LogP contribution in [0.4, 0.5) is 24.5 Å². The van der Waals surface area contributed by atoms with Crippen LogP contribution in [-0.2, 0) is 15.7 Å². The van der Waals surface area contributed by atoms with Gasteiger partial charge in [-0.2, -0.15) is 13.2 Å². The molecule has 1 heterocycles. The third-order valence-electron chi connectivity index (χ3n) is 4.90. The lowest BCUT2D eigenvalue weighted by molar-refractivity contribution is -0.385. The molecule has 14 heteroatoms. The van der Waals surface area contributed by atoms with Gasteiger partial charge in [-0.3, -0.25) is 20.2 Å². The van der Waals surface area contributed by atoms with E-state index >= 15 is 0 Å². The Labute approximate surface area is 209 Å². The summed E-state index contributed by atoms with van der Waals surface area (Å²) in [7, 11) is 0. The second-order valence-corrected chi connectivity index (χ2v) is 7.78. The second kappa shape index (κ2) is 9.70. The van der Waals surface area contributed by atoms with Gasteiger partial charge in [-0.05, 0) is 48.0 Å². The van der Waals surface area contributed by atoms with E-state index in [0.29, 0.717) is 17.7 Å². The highest BCUT2D eigenvalue weighted by molar-refractivity contribution is 6.32. The minimum Gasteiger partial charge on any atom is -0.450 e. The van der Waals surface area contributed by atoms with Gasteiger partial charge in [0.1, 0.15) is 10.8 Å². The van der Waals surface area contributed by atoms with Crippen LogP contribution in [0.25, 0.3) is 6.08 Å². The summed E-state index contributed by atoms with van der Waals surface area (Å²) < 4.78 is 49.1. The Morgan fingerprint density at radius 3 is 2.24 bits per heavy atom. The van der Waals surface area contributed by atoms with E-state index in [2.05, 4.69) is 4.99 Å². The quantitative estimate of drug-likeness (QED) is 0.157. The molecule has 0 saturated carbocycles. The van der Waals surface area contributed by atoms with Crippen molar-refractivity contribution in [2.75, 3.05) is 0 Å². The van der Waals surface area contributed by atoms with Crippen molar-refractivity contribution in [3.63, 3.8) is 0 Å². The smallest absolute Gasteiger partial charge is 0.416 e. The number of esters is 1. The van der Waals surface area contributed by atoms with Gasteiger partial charge in [-0.15, -0.1) is 0 Å². The Hall–Kier alpha value is -4.78. The number of hydrogen-bond donors (Lipinski definition) is 0. The fourth-order valence-electron chi connectivity index (χ4n) is 3.16. The number of cyclic esters (lactones) is 1. The van der Waals surface area contributed by atoms with Gasteiger partial charge in [-0.1, -0.05) is 23.7 Å². The summed E-state index contributed by atoms with van der Waals surface area (Å²) >= 11 is 5.79. The predicted molar refractivity (Wildman–Crippen MR) is 123 cm³/mol. The van der Waals surface area contributed by atoms with Crippen LogP contribution < -0.4 is 4.74 Å². The molecule has 188 valence electrons. The summed E-state index contributed by atoms with van der Waals surface area (Å²) in [5.41, 5.74) is -1.95. The van der Waals surface area contributed by atoms with Crippen LogP contribution in [-0.4, -0.2) is 21.7 Å². The van der Waals surface area contributed by atoms with E-state index in [1.54, 1.807) is 0 Å². The van der Waals surface area contributed by atoms with E-state index in [4.69, 9.17) is 21.1 Å². The van der Waals surface area contributed by atoms with Gasteiger partial charge in [0.2, 0.25) is 11.6 Å². The molecule has 37 heavy (non-hydrogen) atoms. The lowest BCUT2D eigenvalue weighted by Gasteiger charge is -2.10. The van der Waals surface area contributed by atoms with Crippen molar-refractivity contribution in [2.24, 2.45) is 4.99 Å². The van der Waals surface area contributed by atoms with Crippen LogP contribution in [0.3, 0.4) is 0 Å². The molecule has 0 unspecified atom stereocenters. The van der Waals surface area contributed by atoms with E-state index < -0.39 is 39.0 Å². The predicted octanol–water partition coefficient (Wildman–Crippen LogP) is 6.31. The van der Waals surface area contributed by atoms with Crippen molar-refractivity contribution in [1.29, 1.82) is 0 Å². The number of hydrogen-bond acceptors (Lipinski definition) is 8. The van der Waals surface area contributed by atoms with Gasteiger partial charge in [0, 0.05) is 17.7 Å². The van der Waals surface area contributed by atoms with Gasteiger partial charge >= 0.3 is 17.8 Å². The summed E-state index contributed by atoms with van der Waals surface area (Å²) in [6, 6.07) is 11.4. The lowest BCUT2D eigenvalue weighted by Crippen LogP contribution is -2.06. The van der Waals surface area contributed by atoms with Crippen molar-refractivity contribution >= 4 is 40.9 Å². The van der Waals surface area contributed by atoms with Gasteiger partial charge in [0.05, 0.1) is 15.4 Å². The Morgan fingerprint density at radius 2 is 1.62 bits per heavy atom. The number of ether oxygens (including phenoxy) is 2. The van der Waals surface area contributed by atoms with Crippen molar-refractivity contribution in [3.05, 3.63) is 108 Å². The first-order valence-corrected chi connectivity index (χ1v) is 10.4. The van der Waals surface area contributed by atoms with Crippen LogP contribution in [0.15, 0.2) is 71.4 Å². The third-order valence-corrected chi connectivity index (χ3v) is 5.22. The largest absolute Gasteiger partial charge is 0.450 e. The number of carbonyl (C=O) groups excluding carboxylic acids is 1. The molecule has 0 atom stereocenters.